The summed E-state index contributed by atoms with van der Waals surface area (Å²) in [6.45, 7) is 3.65. The fourth-order valence-electron chi connectivity index (χ4n) is 4.63. The third-order valence-electron chi connectivity index (χ3n) is 6.37. The molecule has 1 aliphatic rings. The van der Waals surface area contributed by atoms with E-state index in [2.05, 4.69) is 48.1 Å². The number of unbranched alkanes of at least 4 members (excludes halogenated alkanes) is 3. The van der Waals surface area contributed by atoms with Gasteiger partial charge in [-0.3, -0.25) is 9.59 Å². The van der Waals surface area contributed by atoms with Crippen molar-refractivity contribution in [2.75, 3.05) is 7.11 Å². The van der Waals surface area contributed by atoms with Crippen LogP contribution in [0.2, 0.25) is 0 Å². The molecule has 4 nitrogen and oxygen atoms in total. The smallest absolute Gasteiger partial charge is 0.305 e. The van der Waals surface area contributed by atoms with Crippen molar-refractivity contribution in [2.24, 2.45) is 5.92 Å². The number of hydrogen-bond donors (Lipinski definition) is 0. The molecule has 0 aliphatic heterocycles. The lowest BCUT2D eigenvalue weighted by Gasteiger charge is -2.23. The number of alkyl halides is 1. The maximum Gasteiger partial charge on any atom is 0.305 e. The Hall–Kier alpha value is -1.81. The molecular weight excluding hydrogens is 424 g/mol. The monoisotopic (exact) mass is 462 g/mol. The lowest BCUT2D eigenvalue weighted by atomic mass is 9.85. The summed E-state index contributed by atoms with van der Waals surface area (Å²) in [7, 11) is 1.43. The van der Waals surface area contributed by atoms with Crippen molar-refractivity contribution in [3.05, 3.63) is 47.5 Å². The number of halogens is 1. The van der Waals surface area contributed by atoms with Gasteiger partial charge in [0.05, 0.1) is 7.11 Å². The minimum Gasteiger partial charge on any atom is -0.469 e. The second kappa shape index (κ2) is 14.4. The molecule has 1 fully saturated rings. The SMILES string of the molecule is CCCCC[C@@H](OC(C)=O)c1ccc([C@@H]2[C@@H](CC=CCCCC(=O)OC)CC[C@H]2Cl)cc1. The minimum absolute atomic E-state index is 0.146. The van der Waals surface area contributed by atoms with Crippen molar-refractivity contribution in [3.63, 3.8) is 0 Å². The second-order valence-corrected chi connectivity index (χ2v) is 9.38. The molecule has 2 rings (SSSR count). The van der Waals surface area contributed by atoms with Crippen LogP contribution in [-0.2, 0) is 19.1 Å². The Balaban J connectivity index is 1.97. The number of benzene rings is 1. The van der Waals surface area contributed by atoms with Gasteiger partial charge in [0.2, 0.25) is 0 Å². The number of carbonyl (C=O) groups is 2. The fourth-order valence-corrected chi connectivity index (χ4v) is 5.11. The van der Waals surface area contributed by atoms with Crippen molar-refractivity contribution >= 4 is 23.5 Å². The van der Waals surface area contributed by atoms with Crippen LogP contribution in [0.5, 0.6) is 0 Å². The molecule has 1 aromatic rings. The first-order valence-corrected chi connectivity index (χ1v) is 12.5. The van der Waals surface area contributed by atoms with Crippen LogP contribution in [0.1, 0.15) is 101 Å². The zero-order valence-corrected chi connectivity index (χ0v) is 20.6. The first-order chi connectivity index (χ1) is 15.5. The van der Waals surface area contributed by atoms with Crippen LogP contribution in [0.15, 0.2) is 36.4 Å². The molecule has 0 radical (unpaired) electrons. The zero-order chi connectivity index (χ0) is 23.3. The summed E-state index contributed by atoms with van der Waals surface area (Å²) in [5, 5.41) is 0.146. The Morgan fingerprint density at radius 2 is 1.88 bits per heavy atom. The number of hydrogen-bond acceptors (Lipinski definition) is 4. The molecule has 1 aromatic carbocycles. The fraction of sp³-hybridized carbons (Fsp3) is 0.630. The summed E-state index contributed by atoms with van der Waals surface area (Å²) >= 11 is 6.73. The predicted molar refractivity (Wildman–Crippen MR) is 130 cm³/mol. The maximum absolute atomic E-state index is 11.6. The molecule has 32 heavy (non-hydrogen) atoms. The number of carbonyl (C=O) groups excluding carboxylic acids is 2. The lowest BCUT2D eigenvalue weighted by Crippen LogP contribution is -2.13. The van der Waals surface area contributed by atoms with Crippen molar-refractivity contribution in [1.29, 1.82) is 0 Å². The van der Waals surface area contributed by atoms with E-state index in [4.69, 9.17) is 16.3 Å². The number of rotatable bonds is 13. The molecule has 0 spiro atoms. The van der Waals surface area contributed by atoms with E-state index >= 15 is 0 Å². The Kier molecular flexibility index (Phi) is 11.9. The maximum atomic E-state index is 11.6. The van der Waals surface area contributed by atoms with Crippen molar-refractivity contribution in [3.8, 4) is 0 Å². The highest BCUT2D eigenvalue weighted by molar-refractivity contribution is 6.21. The molecule has 0 amide bonds. The predicted octanol–water partition coefficient (Wildman–Crippen LogP) is 7.26. The van der Waals surface area contributed by atoms with Gasteiger partial charge in [-0.1, -0.05) is 56.2 Å². The Bertz CT molecular complexity index is 728. The van der Waals surface area contributed by atoms with Crippen LogP contribution in [0.25, 0.3) is 0 Å². The average molecular weight is 463 g/mol. The van der Waals surface area contributed by atoms with Gasteiger partial charge in [0.15, 0.2) is 0 Å². The highest BCUT2D eigenvalue weighted by Crippen LogP contribution is 2.45. The van der Waals surface area contributed by atoms with Crippen molar-refractivity contribution < 1.29 is 19.1 Å². The van der Waals surface area contributed by atoms with Crippen LogP contribution in [0, 0.1) is 5.92 Å². The van der Waals surface area contributed by atoms with Crippen LogP contribution in [0.3, 0.4) is 0 Å². The summed E-state index contributed by atoms with van der Waals surface area (Å²) in [6, 6.07) is 8.56. The number of ether oxygens (including phenoxy) is 2. The molecule has 0 N–H and O–H groups in total. The molecule has 1 saturated carbocycles. The Morgan fingerprint density at radius 1 is 1.12 bits per heavy atom. The highest BCUT2D eigenvalue weighted by atomic mass is 35.5. The largest absolute Gasteiger partial charge is 0.469 e. The van der Waals surface area contributed by atoms with Gasteiger partial charge in [-0.2, -0.15) is 0 Å². The lowest BCUT2D eigenvalue weighted by molar-refractivity contribution is -0.147. The molecule has 0 bridgehead atoms. The van der Waals surface area contributed by atoms with Gasteiger partial charge >= 0.3 is 11.9 Å². The van der Waals surface area contributed by atoms with Gasteiger partial charge in [-0.05, 0) is 62.0 Å². The van der Waals surface area contributed by atoms with Crippen LogP contribution in [0.4, 0.5) is 0 Å². The third kappa shape index (κ3) is 8.61. The second-order valence-electron chi connectivity index (χ2n) is 8.82. The van der Waals surface area contributed by atoms with Crippen LogP contribution in [-0.4, -0.2) is 24.4 Å². The van der Waals surface area contributed by atoms with Gasteiger partial charge in [0, 0.05) is 24.6 Å². The molecule has 4 atom stereocenters. The van der Waals surface area contributed by atoms with Crippen molar-refractivity contribution in [1.82, 2.24) is 0 Å². The average Bonchev–Trinajstić information content (AvgIpc) is 3.15. The quantitative estimate of drug-likeness (QED) is 0.134. The molecule has 0 unspecified atom stereocenters. The number of allylic oxidation sites excluding steroid dienone is 2. The molecule has 0 saturated heterocycles. The minimum atomic E-state index is -0.231. The number of methoxy groups -OCH3 is 1. The molecule has 5 heteroatoms. The molecule has 178 valence electrons. The van der Waals surface area contributed by atoms with E-state index < -0.39 is 0 Å². The summed E-state index contributed by atoms with van der Waals surface area (Å²) in [5.41, 5.74) is 2.33. The molecule has 0 aromatic heterocycles. The first-order valence-electron chi connectivity index (χ1n) is 12.1. The molecular formula is C27H39ClO4. The van der Waals surface area contributed by atoms with E-state index in [0.717, 1.165) is 63.4 Å². The Labute approximate surface area is 198 Å². The van der Waals surface area contributed by atoms with E-state index in [9.17, 15) is 9.59 Å². The van der Waals surface area contributed by atoms with Crippen LogP contribution >= 0.6 is 11.6 Å². The van der Waals surface area contributed by atoms with E-state index in [-0.39, 0.29) is 23.4 Å². The van der Waals surface area contributed by atoms with E-state index in [1.54, 1.807) is 0 Å². The zero-order valence-electron chi connectivity index (χ0n) is 19.9. The van der Waals surface area contributed by atoms with Gasteiger partial charge < -0.3 is 9.47 Å². The first kappa shape index (κ1) is 26.4. The van der Waals surface area contributed by atoms with Gasteiger partial charge in [-0.15, -0.1) is 11.6 Å². The normalized spacial score (nSPS) is 21.6. The molecule has 1 aliphatic carbocycles. The number of esters is 2. The third-order valence-corrected chi connectivity index (χ3v) is 6.86. The topological polar surface area (TPSA) is 52.6 Å². The van der Waals surface area contributed by atoms with E-state index in [1.165, 1.54) is 19.6 Å². The van der Waals surface area contributed by atoms with Gasteiger partial charge in [0.25, 0.3) is 0 Å². The highest BCUT2D eigenvalue weighted by Gasteiger charge is 2.35. The standard InChI is InChI=1S/C27H39ClO4/c1-4-5-8-12-25(32-20(2)29)21-14-16-23(17-15-21)27-22(18-19-24(27)28)11-9-6-7-10-13-26(30)31-3/h6,9,14-17,22,24-25,27H,4-5,7-8,10-13,18-19H2,1-3H3/t22-,24+,25+,27-/m0/s1. The van der Waals surface area contributed by atoms with E-state index in [0.29, 0.717) is 18.3 Å². The van der Waals surface area contributed by atoms with Crippen molar-refractivity contribution in [2.45, 2.75) is 95.5 Å². The van der Waals surface area contributed by atoms with Gasteiger partial charge in [0.1, 0.15) is 6.10 Å². The summed E-state index contributed by atoms with van der Waals surface area (Å²) in [6.07, 6.45) is 13.8. The van der Waals surface area contributed by atoms with Crippen LogP contribution < -0.4 is 0 Å². The molecule has 0 heterocycles. The summed E-state index contributed by atoms with van der Waals surface area (Å²) in [5.74, 6) is 0.473. The van der Waals surface area contributed by atoms with Gasteiger partial charge in [-0.25, -0.2) is 0 Å². The van der Waals surface area contributed by atoms with E-state index in [1.807, 2.05) is 0 Å². The summed E-state index contributed by atoms with van der Waals surface area (Å²) < 4.78 is 10.3. The summed E-state index contributed by atoms with van der Waals surface area (Å²) in [4.78, 5) is 22.8. The Morgan fingerprint density at radius 3 is 2.53 bits per heavy atom.